The largest absolute Gasteiger partial charge is 0.378 e. The zero-order chi connectivity index (χ0) is 24.8. The van der Waals surface area contributed by atoms with E-state index in [0.29, 0.717) is 82.7 Å². The summed E-state index contributed by atoms with van der Waals surface area (Å²) >= 11 is 0. The van der Waals surface area contributed by atoms with Crippen LogP contribution in [0.4, 0.5) is 11.6 Å². The van der Waals surface area contributed by atoms with Gasteiger partial charge in [-0.15, -0.1) is 0 Å². The Morgan fingerprint density at radius 1 is 1.09 bits per heavy atom. The van der Waals surface area contributed by atoms with Gasteiger partial charge < -0.3 is 19.9 Å². The number of piperazine rings is 1. The third kappa shape index (κ3) is 6.67. The van der Waals surface area contributed by atoms with Crippen LogP contribution in [0.3, 0.4) is 0 Å². The molecule has 0 bridgehead atoms. The van der Waals surface area contributed by atoms with Crippen LogP contribution in [-0.4, -0.2) is 90.6 Å². The van der Waals surface area contributed by atoms with Crippen LogP contribution in [0.1, 0.15) is 23.2 Å². The minimum atomic E-state index is -0.184. The predicted octanol–water partition coefficient (Wildman–Crippen LogP) is 0.939. The number of H-pyrrole nitrogens is 1. The summed E-state index contributed by atoms with van der Waals surface area (Å²) in [6, 6.07) is 7.71. The zero-order valence-electron chi connectivity index (χ0n) is 20.5. The van der Waals surface area contributed by atoms with Gasteiger partial charge in [-0.05, 0) is 38.0 Å². The van der Waals surface area contributed by atoms with Crippen molar-refractivity contribution in [2.24, 2.45) is 0 Å². The fourth-order valence-electron chi connectivity index (χ4n) is 4.49. The van der Waals surface area contributed by atoms with Crippen LogP contribution in [0.25, 0.3) is 0 Å². The molecule has 0 unspecified atom stereocenters. The highest BCUT2D eigenvalue weighted by Crippen LogP contribution is 2.13. The maximum absolute atomic E-state index is 12.8. The number of aromatic nitrogens is 2. The molecule has 0 spiro atoms. The third-order valence-corrected chi connectivity index (χ3v) is 6.50. The van der Waals surface area contributed by atoms with Gasteiger partial charge in [-0.25, -0.2) is 4.98 Å². The second kappa shape index (κ2) is 11.5. The van der Waals surface area contributed by atoms with Gasteiger partial charge in [-0.2, -0.15) is 0 Å². The molecule has 0 saturated carbocycles. The summed E-state index contributed by atoms with van der Waals surface area (Å²) in [6.45, 7) is 9.14. The quantitative estimate of drug-likeness (QED) is 0.604. The van der Waals surface area contributed by atoms with Crippen molar-refractivity contribution in [3.8, 4) is 0 Å². The molecule has 2 N–H and O–H groups in total. The van der Waals surface area contributed by atoms with Crippen LogP contribution in [0.5, 0.6) is 0 Å². The Morgan fingerprint density at radius 2 is 1.83 bits per heavy atom. The molecule has 1 aromatic heterocycles. The van der Waals surface area contributed by atoms with Crippen LogP contribution >= 0.6 is 0 Å². The predicted molar refractivity (Wildman–Crippen MR) is 134 cm³/mol. The van der Waals surface area contributed by atoms with Gasteiger partial charge in [-0.1, -0.05) is 12.1 Å². The first-order valence-electron chi connectivity index (χ1n) is 12.2. The Bertz CT molecular complexity index is 1100. The van der Waals surface area contributed by atoms with E-state index in [9.17, 15) is 14.4 Å². The summed E-state index contributed by atoms with van der Waals surface area (Å²) in [7, 11) is 0. The zero-order valence-corrected chi connectivity index (χ0v) is 20.5. The topological polar surface area (TPSA) is 111 Å². The fourth-order valence-corrected chi connectivity index (χ4v) is 4.49. The summed E-state index contributed by atoms with van der Waals surface area (Å²) in [5.74, 6) is 0.524. The minimum Gasteiger partial charge on any atom is -0.378 e. The first-order valence-corrected chi connectivity index (χ1v) is 12.2. The highest BCUT2D eigenvalue weighted by Gasteiger charge is 2.23. The van der Waals surface area contributed by atoms with E-state index in [4.69, 9.17) is 4.74 Å². The van der Waals surface area contributed by atoms with Crippen molar-refractivity contribution in [1.29, 1.82) is 0 Å². The number of carbonyl (C=O) groups excluding carboxylic acids is 2. The van der Waals surface area contributed by atoms with Crippen molar-refractivity contribution in [2.75, 3.05) is 69.2 Å². The first kappa shape index (κ1) is 24.9. The average Bonchev–Trinajstić information content (AvgIpc) is 2.84. The van der Waals surface area contributed by atoms with E-state index in [1.807, 2.05) is 47.9 Å². The second-order valence-electron chi connectivity index (χ2n) is 9.13. The Kier molecular flexibility index (Phi) is 8.14. The lowest BCUT2D eigenvalue weighted by atomic mass is 10.1. The molecule has 0 aliphatic carbocycles. The Hall–Kier alpha value is -3.24. The molecule has 0 radical (unpaired) electrons. The monoisotopic (exact) mass is 482 g/mol. The molecule has 2 aliphatic rings. The minimum absolute atomic E-state index is 0.0184. The SMILES string of the molecule is Cc1cccc(NC(=O)CN2CCN(C(=O)CCc3c(C)nc(N4CCOCC4)[nH]c3=O)CC2)c1. The van der Waals surface area contributed by atoms with Gasteiger partial charge in [0.15, 0.2) is 0 Å². The standard InChI is InChI=1S/C25H34N6O4/c1-18-4-3-5-20(16-18)27-22(32)17-29-8-10-30(11-9-29)23(33)7-6-21-19(2)26-25(28-24(21)34)31-12-14-35-15-13-31/h3-5,16H,6-15,17H2,1-2H3,(H,27,32)(H,26,28,34). The number of aryl methyl sites for hydroxylation is 2. The summed E-state index contributed by atoms with van der Waals surface area (Å²) < 4.78 is 5.35. The highest BCUT2D eigenvalue weighted by atomic mass is 16.5. The van der Waals surface area contributed by atoms with Gasteiger partial charge >= 0.3 is 0 Å². The van der Waals surface area contributed by atoms with Crippen LogP contribution in [0.2, 0.25) is 0 Å². The van der Waals surface area contributed by atoms with Crippen LogP contribution in [0.15, 0.2) is 29.1 Å². The van der Waals surface area contributed by atoms with Gasteiger partial charge in [0.05, 0.1) is 19.8 Å². The molecule has 188 valence electrons. The van der Waals surface area contributed by atoms with Gasteiger partial charge in [0, 0.05) is 62.6 Å². The van der Waals surface area contributed by atoms with E-state index in [-0.39, 0.29) is 23.8 Å². The Labute approximate surface area is 205 Å². The lowest BCUT2D eigenvalue weighted by molar-refractivity contribution is -0.133. The van der Waals surface area contributed by atoms with Gasteiger partial charge in [0.2, 0.25) is 17.8 Å². The number of ether oxygens (including phenoxy) is 1. The smallest absolute Gasteiger partial charge is 0.255 e. The Morgan fingerprint density at radius 3 is 2.51 bits per heavy atom. The van der Waals surface area contributed by atoms with E-state index in [1.165, 1.54) is 0 Å². The molecule has 4 rings (SSSR count). The van der Waals surface area contributed by atoms with E-state index >= 15 is 0 Å². The summed E-state index contributed by atoms with van der Waals surface area (Å²) in [4.78, 5) is 51.1. The number of anilines is 2. The molecule has 10 nitrogen and oxygen atoms in total. The lowest BCUT2D eigenvalue weighted by Gasteiger charge is -2.34. The van der Waals surface area contributed by atoms with Crippen LogP contribution in [-0.2, 0) is 20.7 Å². The van der Waals surface area contributed by atoms with Crippen molar-refractivity contribution in [3.05, 3.63) is 51.4 Å². The van der Waals surface area contributed by atoms with Crippen LogP contribution < -0.4 is 15.8 Å². The average molecular weight is 483 g/mol. The molecule has 2 aliphatic heterocycles. The number of aromatic amines is 1. The molecule has 2 amide bonds. The van der Waals surface area contributed by atoms with Crippen molar-refractivity contribution in [3.63, 3.8) is 0 Å². The number of nitrogens with zero attached hydrogens (tertiary/aromatic N) is 4. The number of hydrogen-bond donors (Lipinski definition) is 2. The molecular formula is C25H34N6O4. The summed E-state index contributed by atoms with van der Waals surface area (Å²) in [6.07, 6.45) is 0.617. The number of nitrogens with one attached hydrogen (secondary N) is 2. The molecule has 2 saturated heterocycles. The van der Waals surface area contributed by atoms with E-state index in [1.54, 1.807) is 0 Å². The number of morpholine rings is 1. The number of rotatable bonds is 7. The number of benzene rings is 1. The van der Waals surface area contributed by atoms with Gasteiger partial charge in [-0.3, -0.25) is 24.3 Å². The van der Waals surface area contributed by atoms with Crippen molar-refractivity contribution >= 4 is 23.5 Å². The molecule has 35 heavy (non-hydrogen) atoms. The summed E-state index contributed by atoms with van der Waals surface area (Å²) in [5.41, 5.74) is 2.92. The van der Waals surface area contributed by atoms with Crippen molar-refractivity contribution in [2.45, 2.75) is 26.7 Å². The maximum atomic E-state index is 12.8. The lowest BCUT2D eigenvalue weighted by Crippen LogP contribution is -2.50. The molecule has 1 aromatic carbocycles. The normalized spacial score (nSPS) is 16.9. The van der Waals surface area contributed by atoms with E-state index < -0.39 is 0 Å². The molecule has 2 fully saturated rings. The van der Waals surface area contributed by atoms with Gasteiger partial charge in [0.25, 0.3) is 5.56 Å². The number of hydrogen-bond acceptors (Lipinski definition) is 7. The number of amides is 2. The second-order valence-corrected chi connectivity index (χ2v) is 9.13. The molecule has 0 atom stereocenters. The van der Waals surface area contributed by atoms with Gasteiger partial charge in [0.1, 0.15) is 0 Å². The first-order chi connectivity index (χ1) is 16.9. The molecular weight excluding hydrogens is 448 g/mol. The maximum Gasteiger partial charge on any atom is 0.255 e. The van der Waals surface area contributed by atoms with Crippen molar-refractivity contribution < 1.29 is 14.3 Å². The molecule has 3 heterocycles. The Balaban J connectivity index is 1.23. The van der Waals surface area contributed by atoms with E-state index in [2.05, 4.69) is 20.2 Å². The van der Waals surface area contributed by atoms with Crippen LogP contribution in [0, 0.1) is 13.8 Å². The van der Waals surface area contributed by atoms with Crippen molar-refractivity contribution in [1.82, 2.24) is 19.8 Å². The highest BCUT2D eigenvalue weighted by molar-refractivity contribution is 5.92. The third-order valence-electron chi connectivity index (χ3n) is 6.50. The summed E-state index contributed by atoms with van der Waals surface area (Å²) in [5, 5.41) is 2.93. The molecule has 2 aromatic rings. The fraction of sp³-hybridized carbons (Fsp3) is 0.520. The van der Waals surface area contributed by atoms with E-state index in [0.717, 1.165) is 11.3 Å². The molecule has 10 heteroatoms. The number of carbonyl (C=O) groups is 2.